The minimum absolute atomic E-state index is 0.0177. The summed E-state index contributed by atoms with van der Waals surface area (Å²) in [5.74, 6) is -0.482. The maximum Gasteiger partial charge on any atom is 0.303 e. The Bertz CT molecular complexity index is 452. The Hall–Kier alpha value is -1.69. The molecule has 1 atom stereocenters. The minimum atomic E-state index is -0.872. The second-order valence-electron chi connectivity index (χ2n) is 4.24. The number of methoxy groups -OCH3 is 1. The number of aromatic amines is 1. The molecule has 2 rings (SSSR count). The zero-order chi connectivity index (χ0) is 12.4. The largest absolute Gasteiger partial charge is 0.481 e. The number of carboxylic acid groups (broad SMARTS) is 1. The predicted molar refractivity (Wildman–Crippen MR) is 57.7 cm³/mol. The molecule has 0 aliphatic heterocycles. The van der Waals surface area contributed by atoms with Crippen molar-refractivity contribution >= 4 is 11.8 Å². The zero-order valence-electron chi connectivity index (χ0n) is 9.52. The summed E-state index contributed by atoms with van der Waals surface area (Å²) in [6, 6.07) is 0. The number of ether oxygens (including phenoxy) is 1. The van der Waals surface area contributed by atoms with Crippen LogP contribution in [0, 0.1) is 5.92 Å². The maximum atomic E-state index is 11.8. The lowest BCUT2D eigenvalue weighted by Gasteiger charge is -2.18. The van der Waals surface area contributed by atoms with Crippen molar-refractivity contribution in [1.82, 2.24) is 9.97 Å². The number of carboxylic acids is 1. The molecule has 0 fully saturated rings. The van der Waals surface area contributed by atoms with Gasteiger partial charge in [-0.05, 0) is 12.3 Å². The third kappa shape index (κ3) is 2.52. The molecule has 0 spiro atoms. The highest BCUT2D eigenvalue weighted by Gasteiger charge is 2.29. The number of hydrogen-bond acceptors (Lipinski definition) is 4. The van der Waals surface area contributed by atoms with Crippen molar-refractivity contribution in [2.24, 2.45) is 5.92 Å². The van der Waals surface area contributed by atoms with Crippen LogP contribution in [0.4, 0.5) is 0 Å². The monoisotopic (exact) mass is 238 g/mol. The Labute approximate surface area is 98.0 Å². The van der Waals surface area contributed by atoms with Crippen molar-refractivity contribution in [2.75, 3.05) is 7.11 Å². The molecule has 1 aromatic rings. The lowest BCUT2D eigenvalue weighted by Crippen LogP contribution is -2.22. The second kappa shape index (κ2) is 4.67. The van der Waals surface area contributed by atoms with E-state index in [1.54, 1.807) is 7.11 Å². The number of carbonyl (C=O) groups excluding carboxylic acids is 1. The maximum absolute atomic E-state index is 11.8. The molecule has 1 aliphatic carbocycles. The minimum Gasteiger partial charge on any atom is -0.481 e. The van der Waals surface area contributed by atoms with Crippen molar-refractivity contribution in [3.8, 4) is 0 Å². The van der Waals surface area contributed by atoms with Gasteiger partial charge in [0.15, 0.2) is 5.78 Å². The molecule has 0 amide bonds. The van der Waals surface area contributed by atoms with Gasteiger partial charge in [-0.25, -0.2) is 4.98 Å². The van der Waals surface area contributed by atoms with Crippen molar-refractivity contribution in [3.63, 3.8) is 0 Å². The van der Waals surface area contributed by atoms with Crippen LogP contribution < -0.4 is 0 Å². The third-order valence-corrected chi connectivity index (χ3v) is 2.80. The number of nitrogens with one attached hydrogen (secondary N) is 1. The molecule has 0 saturated carbocycles. The number of imidazole rings is 1. The molecule has 0 bridgehead atoms. The first-order valence-electron chi connectivity index (χ1n) is 5.41. The van der Waals surface area contributed by atoms with Gasteiger partial charge in [-0.2, -0.15) is 0 Å². The number of Topliss-reactive ketones (excluding diaryl/α,β-unsaturated/α-hetero) is 1. The first kappa shape index (κ1) is 11.8. The number of aliphatic carboxylic acids is 1. The first-order chi connectivity index (χ1) is 8.10. The molecule has 1 unspecified atom stereocenters. The number of aromatic nitrogens is 2. The van der Waals surface area contributed by atoms with Gasteiger partial charge in [-0.1, -0.05) is 0 Å². The van der Waals surface area contributed by atoms with Crippen molar-refractivity contribution in [3.05, 3.63) is 17.2 Å². The SMILES string of the molecule is COCc1nc2c([nH]1)CC(CC(=O)O)CC2=O. The molecule has 92 valence electrons. The Morgan fingerprint density at radius 2 is 2.35 bits per heavy atom. The van der Waals surface area contributed by atoms with Crippen LogP contribution in [-0.4, -0.2) is 33.9 Å². The van der Waals surface area contributed by atoms with Crippen molar-refractivity contribution in [1.29, 1.82) is 0 Å². The molecule has 0 aromatic carbocycles. The van der Waals surface area contributed by atoms with Gasteiger partial charge in [0.25, 0.3) is 0 Å². The van der Waals surface area contributed by atoms with E-state index in [9.17, 15) is 9.59 Å². The van der Waals surface area contributed by atoms with Crippen LogP contribution in [0.15, 0.2) is 0 Å². The van der Waals surface area contributed by atoms with Gasteiger partial charge in [0.05, 0.1) is 0 Å². The van der Waals surface area contributed by atoms with E-state index in [4.69, 9.17) is 9.84 Å². The molecule has 6 nitrogen and oxygen atoms in total. The van der Waals surface area contributed by atoms with Crippen molar-refractivity contribution < 1.29 is 19.4 Å². The summed E-state index contributed by atoms with van der Waals surface area (Å²) < 4.78 is 4.93. The lowest BCUT2D eigenvalue weighted by atomic mass is 9.87. The summed E-state index contributed by atoms with van der Waals surface area (Å²) in [6.07, 6.45) is 0.838. The molecular formula is C11H14N2O4. The number of nitrogens with zero attached hydrogens (tertiary/aromatic N) is 1. The van der Waals surface area contributed by atoms with E-state index in [2.05, 4.69) is 9.97 Å². The topological polar surface area (TPSA) is 92.3 Å². The van der Waals surface area contributed by atoms with Gasteiger partial charge in [0, 0.05) is 25.6 Å². The van der Waals surface area contributed by atoms with Crippen LogP contribution >= 0.6 is 0 Å². The summed E-state index contributed by atoms with van der Waals surface area (Å²) in [7, 11) is 1.55. The molecule has 0 radical (unpaired) electrons. The highest BCUT2D eigenvalue weighted by Crippen LogP contribution is 2.26. The summed E-state index contributed by atoms with van der Waals surface area (Å²) in [6.45, 7) is 0.323. The summed E-state index contributed by atoms with van der Waals surface area (Å²) in [5.41, 5.74) is 1.18. The molecule has 6 heteroatoms. The number of H-pyrrole nitrogens is 1. The Morgan fingerprint density at radius 3 is 3.00 bits per heavy atom. The highest BCUT2D eigenvalue weighted by atomic mass is 16.5. The Balaban J connectivity index is 2.17. The second-order valence-corrected chi connectivity index (χ2v) is 4.24. The fourth-order valence-corrected chi connectivity index (χ4v) is 2.16. The summed E-state index contributed by atoms with van der Waals surface area (Å²) >= 11 is 0. The molecular weight excluding hydrogens is 224 g/mol. The van der Waals surface area contributed by atoms with E-state index >= 15 is 0 Å². The van der Waals surface area contributed by atoms with Crippen LogP contribution in [-0.2, 0) is 22.6 Å². The van der Waals surface area contributed by atoms with Crippen LogP contribution in [0.3, 0.4) is 0 Å². The van der Waals surface area contributed by atoms with Gasteiger partial charge >= 0.3 is 5.97 Å². The van der Waals surface area contributed by atoms with Crippen LogP contribution in [0.5, 0.6) is 0 Å². The number of ketones is 1. The van der Waals surface area contributed by atoms with E-state index < -0.39 is 5.97 Å². The van der Waals surface area contributed by atoms with Crippen LogP contribution in [0.25, 0.3) is 0 Å². The van der Waals surface area contributed by atoms with Gasteiger partial charge in [0.2, 0.25) is 0 Å². The summed E-state index contributed by atoms with van der Waals surface area (Å²) in [5, 5.41) is 8.73. The molecule has 1 heterocycles. The number of rotatable bonds is 4. The average Bonchev–Trinajstić information content (AvgIpc) is 2.60. The Kier molecular flexibility index (Phi) is 3.23. The highest BCUT2D eigenvalue weighted by molar-refractivity contribution is 5.96. The predicted octanol–water partition coefficient (Wildman–Crippen LogP) is 0.776. The van der Waals surface area contributed by atoms with E-state index in [1.807, 2.05) is 0 Å². The van der Waals surface area contributed by atoms with Gasteiger partial charge < -0.3 is 14.8 Å². The normalized spacial score (nSPS) is 19.1. The lowest BCUT2D eigenvalue weighted by molar-refractivity contribution is -0.138. The number of hydrogen-bond donors (Lipinski definition) is 2. The fourth-order valence-electron chi connectivity index (χ4n) is 2.16. The molecule has 1 aromatic heterocycles. The van der Waals surface area contributed by atoms with Gasteiger partial charge in [-0.15, -0.1) is 0 Å². The molecule has 17 heavy (non-hydrogen) atoms. The standard InChI is InChI=1S/C11H14N2O4/c1-17-5-9-12-7-2-6(4-10(15)16)3-8(14)11(7)13-9/h6H,2-5H2,1H3,(H,12,13)(H,15,16). The molecule has 0 saturated heterocycles. The Morgan fingerprint density at radius 1 is 1.59 bits per heavy atom. The van der Waals surface area contributed by atoms with Crippen LogP contribution in [0.2, 0.25) is 0 Å². The fraction of sp³-hybridized carbons (Fsp3) is 0.545. The quantitative estimate of drug-likeness (QED) is 0.808. The van der Waals surface area contributed by atoms with Crippen molar-refractivity contribution in [2.45, 2.75) is 25.9 Å². The van der Waals surface area contributed by atoms with E-state index in [0.29, 0.717) is 24.5 Å². The first-order valence-corrected chi connectivity index (χ1v) is 5.41. The zero-order valence-corrected chi connectivity index (χ0v) is 9.52. The van der Waals surface area contributed by atoms with Gasteiger partial charge in [-0.3, -0.25) is 9.59 Å². The van der Waals surface area contributed by atoms with Crippen LogP contribution in [0.1, 0.15) is 34.8 Å². The average molecular weight is 238 g/mol. The molecule has 1 aliphatic rings. The summed E-state index contributed by atoms with van der Waals surface area (Å²) in [4.78, 5) is 29.6. The number of fused-ring (bicyclic) bond motifs is 1. The van der Waals surface area contributed by atoms with Gasteiger partial charge in [0.1, 0.15) is 18.1 Å². The third-order valence-electron chi connectivity index (χ3n) is 2.80. The van der Waals surface area contributed by atoms with E-state index in [1.165, 1.54) is 0 Å². The number of carbonyl (C=O) groups is 2. The smallest absolute Gasteiger partial charge is 0.303 e. The van der Waals surface area contributed by atoms with E-state index in [0.717, 1.165) is 5.69 Å². The van der Waals surface area contributed by atoms with E-state index in [-0.39, 0.29) is 24.5 Å². The molecule has 2 N–H and O–H groups in total.